The van der Waals surface area contributed by atoms with Crippen LogP contribution in [-0.2, 0) is 17.6 Å². The molecule has 0 atom stereocenters. The number of carbonyl (C=O) groups excluding carboxylic acids is 1. The van der Waals surface area contributed by atoms with Crippen LogP contribution in [-0.4, -0.2) is 5.78 Å². The molecule has 20 heavy (non-hydrogen) atoms. The van der Waals surface area contributed by atoms with E-state index in [1.54, 1.807) is 6.07 Å². The van der Waals surface area contributed by atoms with Crippen LogP contribution < -0.4 is 0 Å². The third kappa shape index (κ3) is 3.52. The lowest BCUT2D eigenvalue weighted by Crippen LogP contribution is -2.10. The standard InChI is InChI=1S/C15H10Br2F2O/c16-12-4-2-1-3-9(12)7-10(20)8-11-14(18)6-5-13(17)15(11)19/h1-6H,7-8H2. The minimum atomic E-state index is -0.717. The molecule has 2 aromatic rings. The predicted molar refractivity (Wildman–Crippen MR) is 80.6 cm³/mol. The van der Waals surface area contributed by atoms with Crippen LogP contribution >= 0.6 is 31.9 Å². The van der Waals surface area contributed by atoms with Crippen LogP contribution in [0.3, 0.4) is 0 Å². The van der Waals surface area contributed by atoms with E-state index in [4.69, 9.17) is 0 Å². The molecule has 104 valence electrons. The molecule has 0 aliphatic carbocycles. The van der Waals surface area contributed by atoms with Crippen molar-refractivity contribution in [3.05, 3.63) is 68.1 Å². The topological polar surface area (TPSA) is 17.1 Å². The van der Waals surface area contributed by atoms with Gasteiger partial charge in [-0.1, -0.05) is 34.1 Å². The van der Waals surface area contributed by atoms with E-state index < -0.39 is 11.6 Å². The van der Waals surface area contributed by atoms with E-state index in [0.29, 0.717) is 0 Å². The Bertz CT molecular complexity index is 656. The second-order valence-electron chi connectivity index (χ2n) is 4.31. The zero-order valence-corrected chi connectivity index (χ0v) is 13.5. The Morgan fingerprint density at radius 3 is 2.35 bits per heavy atom. The van der Waals surface area contributed by atoms with Crippen LogP contribution in [0.5, 0.6) is 0 Å². The molecule has 0 aromatic heterocycles. The lowest BCUT2D eigenvalue weighted by atomic mass is 10.0. The highest BCUT2D eigenvalue weighted by Crippen LogP contribution is 2.23. The molecule has 2 aromatic carbocycles. The van der Waals surface area contributed by atoms with Crippen LogP contribution in [0.15, 0.2) is 45.3 Å². The quantitative estimate of drug-likeness (QED) is 0.667. The van der Waals surface area contributed by atoms with E-state index in [-0.39, 0.29) is 28.7 Å². The summed E-state index contributed by atoms with van der Waals surface area (Å²) < 4.78 is 28.3. The van der Waals surface area contributed by atoms with Crippen molar-refractivity contribution < 1.29 is 13.6 Å². The lowest BCUT2D eigenvalue weighted by Gasteiger charge is -2.07. The summed E-state index contributed by atoms with van der Waals surface area (Å²) in [5.74, 6) is -1.66. The maximum absolute atomic E-state index is 13.8. The first kappa shape index (κ1) is 15.3. The molecule has 0 saturated carbocycles. The molecule has 5 heteroatoms. The molecule has 0 radical (unpaired) electrons. The average Bonchev–Trinajstić information content (AvgIpc) is 2.42. The van der Waals surface area contributed by atoms with Gasteiger partial charge < -0.3 is 0 Å². The zero-order valence-electron chi connectivity index (χ0n) is 10.3. The van der Waals surface area contributed by atoms with Gasteiger partial charge in [0.2, 0.25) is 0 Å². The van der Waals surface area contributed by atoms with Gasteiger partial charge in [0, 0.05) is 22.9 Å². The van der Waals surface area contributed by atoms with Gasteiger partial charge in [-0.2, -0.15) is 0 Å². The van der Waals surface area contributed by atoms with Gasteiger partial charge in [-0.05, 0) is 39.7 Å². The second-order valence-corrected chi connectivity index (χ2v) is 6.01. The summed E-state index contributed by atoms with van der Waals surface area (Å²) in [5, 5.41) is 0. The minimum Gasteiger partial charge on any atom is -0.299 e. The van der Waals surface area contributed by atoms with Gasteiger partial charge >= 0.3 is 0 Å². The summed E-state index contributed by atoms with van der Waals surface area (Å²) >= 11 is 6.33. The predicted octanol–water partition coefficient (Wildman–Crippen LogP) is 4.84. The summed E-state index contributed by atoms with van der Waals surface area (Å²) in [6, 6.07) is 9.71. The Morgan fingerprint density at radius 1 is 0.950 bits per heavy atom. The summed E-state index contributed by atoms with van der Waals surface area (Å²) in [6.45, 7) is 0. The highest BCUT2D eigenvalue weighted by molar-refractivity contribution is 9.10. The van der Waals surface area contributed by atoms with E-state index in [0.717, 1.165) is 16.1 Å². The van der Waals surface area contributed by atoms with Crippen LogP contribution in [0, 0.1) is 11.6 Å². The van der Waals surface area contributed by atoms with Crippen molar-refractivity contribution in [1.29, 1.82) is 0 Å². The maximum Gasteiger partial charge on any atom is 0.143 e. The lowest BCUT2D eigenvalue weighted by molar-refractivity contribution is -0.117. The number of hydrogen-bond acceptors (Lipinski definition) is 1. The number of carbonyl (C=O) groups is 1. The molecular weight excluding hydrogens is 394 g/mol. The fourth-order valence-electron chi connectivity index (χ4n) is 1.84. The van der Waals surface area contributed by atoms with Gasteiger partial charge in [0.25, 0.3) is 0 Å². The minimum absolute atomic E-state index is 0.132. The van der Waals surface area contributed by atoms with Gasteiger partial charge in [0.1, 0.15) is 17.4 Å². The molecule has 2 rings (SSSR count). The Morgan fingerprint density at radius 2 is 1.65 bits per heavy atom. The first-order valence-corrected chi connectivity index (χ1v) is 7.45. The van der Waals surface area contributed by atoms with Crippen molar-refractivity contribution in [2.45, 2.75) is 12.8 Å². The van der Waals surface area contributed by atoms with E-state index in [1.807, 2.05) is 18.2 Å². The van der Waals surface area contributed by atoms with Gasteiger partial charge in [-0.15, -0.1) is 0 Å². The Balaban J connectivity index is 2.17. The number of benzene rings is 2. The summed E-state index contributed by atoms with van der Waals surface area (Å²) in [6.07, 6.45) is -0.134. The Kier molecular flexibility index (Phi) is 5.05. The van der Waals surface area contributed by atoms with Crippen molar-refractivity contribution in [2.24, 2.45) is 0 Å². The smallest absolute Gasteiger partial charge is 0.143 e. The molecule has 0 unspecified atom stereocenters. The molecule has 0 bridgehead atoms. The first-order chi connectivity index (χ1) is 9.49. The third-order valence-corrected chi connectivity index (χ3v) is 4.24. The second kappa shape index (κ2) is 6.59. The fourth-order valence-corrected chi connectivity index (χ4v) is 2.64. The number of ketones is 1. The SMILES string of the molecule is O=C(Cc1ccccc1Br)Cc1c(F)ccc(Br)c1F. The number of Topliss-reactive ketones (excluding diaryl/α,β-unsaturated/α-hetero) is 1. The van der Waals surface area contributed by atoms with Crippen molar-refractivity contribution >= 4 is 37.6 Å². The number of rotatable bonds is 4. The highest BCUT2D eigenvalue weighted by Gasteiger charge is 2.16. The summed E-state index contributed by atoms with van der Waals surface area (Å²) in [7, 11) is 0. The van der Waals surface area contributed by atoms with Crippen molar-refractivity contribution in [3.63, 3.8) is 0 Å². The van der Waals surface area contributed by atoms with E-state index in [1.165, 1.54) is 6.07 Å². The first-order valence-electron chi connectivity index (χ1n) is 5.86. The van der Waals surface area contributed by atoms with E-state index in [9.17, 15) is 13.6 Å². The van der Waals surface area contributed by atoms with E-state index >= 15 is 0 Å². The van der Waals surface area contributed by atoms with Crippen LogP contribution in [0.2, 0.25) is 0 Å². The van der Waals surface area contributed by atoms with E-state index in [2.05, 4.69) is 31.9 Å². The van der Waals surface area contributed by atoms with Crippen molar-refractivity contribution in [2.75, 3.05) is 0 Å². The van der Waals surface area contributed by atoms with Crippen molar-refractivity contribution in [3.8, 4) is 0 Å². The molecule has 0 fully saturated rings. The number of hydrogen-bond donors (Lipinski definition) is 0. The maximum atomic E-state index is 13.8. The molecule has 0 heterocycles. The van der Waals surface area contributed by atoms with Crippen LogP contribution in [0.25, 0.3) is 0 Å². The number of halogens is 4. The molecule has 0 saturated heterocycles. The van der Waals surface area contributed by atoms with Crippen molar-refractivity contribution in [1.82, 2.24) is 0 Å². The average molecular weight is 404 g/mol. The van der Waals surface area contributed by atoms with Gasteiger partial charge in [-0.25, -0.2) is 8.78 Å². The van der Waals surface area contributed by atoms with Gasteiger partial charge in [-0.3, -0.25) is 4.79 Å². The highest BCUT2D eigenvalue weighted by atomic mass is 79.9. The van der Waals surface area contributed by atoms with Crippen LogP contribution in [0.4, 0.5) is 8.78 Å². The monoisotopic (exact) mass is 402 g/mol. The van der Waals surface area contributed by atoms with Gasteiger partial charge in [0.15, 0.2) is 0 Å². The molecule has 0 aliphatic heterocycles. The van der Waals surface area contributed by atoms with Gasteiger partial charge in [0.05, 0.1) is 4.47 Å². The Hall–Kier alpha value is -1.07. The van der Waals surface area contributed by atoms with Crippen LogP contribution in [0.1, 0.15) is 11.1 Å². The Labute approximate surface area is 132 Å². The fraction of sp³-hybridized carbons (Fsp3) is 0.133. The largest absolute Gasteiger partial charge is 0.299 e. The molecule has 0 aliphatic rings. The normalized spacial score (nSPS) is 10.6. The molecule has 0 N–H and O–H groups in total. The third-order valence-electron chi connectivity index (χ3n) is 2.86. The summed E-state index contributed by atoms with van der Waals surface area (Å²) in [4.78, 5) is 12.0. The molecule has 0 spiro atoms. The molecular formula is C15H10Br2F2O. The summed E-state index contributed by atoms with van der Waals surface area (Å²) in [5.41, 5.74) is 0.602. The molecule has 1 nitrogen and oxygen atoms in total. The zero-order chi connectivity index (χ0) is 14.7. The molecule has 0 amide bonds.